The van der Waals surface area contributed by atoms with Crippen LogP contribution in [0.15, 0.2) is 66.2 Å². The maximum Gasteiger partial charge on any atom is 0.340 e. The molecule has 3 rings (SSSR count). The number of anilines is 1. The Morgan fingerprint density at radius 3 is 2.68 bits per heavy atom. The number of thiophene rings is 1. The van der Waals surface area contributed by atoms with Crippen LogP contribution in [0.25, 0.3) is 6.08 Å². The number of hydrogen-bond acceptors (Lipinski definition) is 6. The van der Waals surface area contributed by atoms with E-state index in [1.807, 2.05) is 42.5 Å². The van der Waals surface area contributed by atoms with E-state index >= 15 is 0 Å². The fraction of sp³-hybridized carbons (Fsp3) is 0.0952. The van der Waals surface area contributed by atoms with Crippen LogP contribution in [0.3, 0.4) is 0 Å². The zero-order chi connectivity index (χ0) is 19.8. The lowest BCUT2D eigenvalue weighted by molar-refractivity contribution is -0.111. The lowest BCUT2D eigenvalue weighted by atomic mass is 10.2. The molecule has 142 valence electrons. The smallest absolute Gasteiger partial charge is 0.340 e. The number of benzene rings is 1. The standard InChI is InChI=1S/C21H18N2O4S/c1-26-21(25)18-11-13-28-20(18)23-19(24)10-7-15-5-8-17(9-6-15)27-14-16-4-2-3-12-22-16/h2-13H,14H2,1H3,(H,23,24)/b10-7+. The number of rotatable bonds is 7. The van der Waals surface area contributed by atoms with Gasteiger partial charge in [-0.2, -0.15) is 0 Å². The second-order valence-corrected chi connectivity index (χ2v) is 6.57. The molecule has 0 unspecified atom stereocenters. The first-order valence-electron chi connectivity index (χ1n) is 8.43. The Kier molecular flexibility index (Phi) is 6.54. The van der Waals surface area contributed by atoms with Crippen molar-refractivity contribution in [2.75, 3.05) is 12.4 Å². The molecule has 7 heteroatoms. The van der Waals surface area contributed by atoms with Crippen molar-refractivity contribution < 1.29 is 19.1 Å². The van der Waals surface area contributed by atoms with Crippen molar-refractivity contribution in [2.24, 2.45) is 0 Å². The highest BCUT2D eigenvalue weighted by Crippen LogP contribution is 2.24. The quantitative estimate of drug-likeness (QED) is 0.481. The summed E-state index contributed by atoms with van der Waals surface area (Å²) in [6.45, 7) is 0.391. The predicted molar refractivity (Wildman–Crippen MR) is 108 cm³/mol. The van der Waals surface area contributed by atoms with Gasteiger partial charge in [0.2, 0.25) is 5.91 Å². The minimum Gasteiger partial charge on any atom is -0.487 e. The van der Waals surface area contributed by atoms with Crippen molar-refractivity contribution in [3.05, 3.63) is 83.0 Å². The number of carbonyl (C=O) groups excluding carboxylic acids is 2. The fourth-order valence-electron chi connectivity index (χ4n) is 2.32. The van der Waals surface area contributed by atoms with Gasteiger partial charge in [0, 0.05) is 12.3 Å². The summed E-state index contributed by atoms with van der Waals surface area (Å²) in [7, 11) is 1.30. The third kappa shape index (κ3) is 5.28. The summed E-state index contributed by atoms with van der Waals surface area (Å²) in [6.07, 6.45) is 4.82. The molecule has 2 heterocycles. The van der Waals surface area contributed by atoms with Gasteiger partial charge in [-0.3, -0.25) is 9.78 Å². The number of aromatic nitrogens is 1. The molecule has 0 spiro atoms. The van der Waals surface area contributed by atoms with Crippen molar-refractivity contribution in [1.29, 1.82) is 0 Å². The van der Waals surface area contributed by atoms with Crippen LogP contribution in [0, 0.1) is 0 Å². The highest BCUT2D eigenvalue weighted by atomic mass is 32.1. The van der Waals surface area contributed by atoms with Crippen LogP contribution in [0.4, 0.5) is 5.00 Å². The van der Waals surface area contributed by atoms with Crippen LogP contribution in [0.1, 0.15) is 21.6 Å². The van der Waals surface area contributed by atoms with E-state index in [4.69, 9.17) is 4.74 Å². The summed E-state index contributed by atoms with van der Waals surface area (Å²) in [6, 6.07) is 14.6. The molecule has 0 aliphatic carbocycles. The number of ether oxygens (including phenoxy) is 2. The van der Waals surface area contributed by atoms with Crippen molar-refractivity contribution in [3.63, 3.8) is 0 Å². The summed E-state index contributed by atoms with van der Waals surface area (Å²) in [5, 5.41) is 4.86. The third-order valence-corrected chi connectivity index (χ3v) is 4.56. The first kappa shape index (κ1) is 19.3. The lowest BCUT2D eigenvalue weighted by Crippen LogP contribution is -2.10. The number of nitrogens with zero attached hydrogens (tertiary/aromatic N) is 1. The van der Waals surface area contributed by atoms with Gasteiger partial charge in [-0.1, -0.05) is 18.2 Å². The van der Waals surface area contributed by atoms with Gasteiger partial charge in [-0.15, -0.1) is 11.3 Å². The zero-order valence-corrected chi connectivity index (χ0v) is 15.9. The van der Waals surface area contributed by atoms with E-state index in [1.165, 1.54) is 24.5 Å². The number of nitrogens with one attached hydrogen (secondary N) is 1. The number of methoxy groups -OCH3 is 1. The Morgan fingerprint density at radius 2 is 1.96 bits per heavy atom. The highest BCUT2D eigenvalue weighted by Gasteiger charge is 2.14. The molecule has 1 amide bonds. The number of hydrogen-bond donors (Lipinski definition) is 1. The van der Waals surface area contributed by atoms with Gasteiger partial charge >= 0.3 is 5.97 Å². The molecule has 28 heavy (non-hydrogen) atoms. The number of pyridine rings is 1. The van der Waals surface area contributed by atoms with E-state index in [0.717, 1.165) is 11.3 Å². The van der Waals surface area contributed by atoms with E-state index in [2.05, 4.69) is 15.0 Å². The second-order valence-electron chi connectivity index (χ2n) is 5.66. The van der Waals surface area contributed by atoms with Crippen molar-refractivity contribution in [1.82, 2.24) is 4.98 Å². The molecule has 3 aromatic rings. The number of esters is 1. The molecule has 0 aliphatic rings. The molecule has 0 bridgehead atoms. The van der Waals surface area contributed by atoms with Crippen LogP contribution in [0.2, 0.25) is 0 Å². The summed E-state index contributed by atoms with van der Waals surface area (Å²) in [5.41, 5.74) is 2.03. The monoisotopic (exact) mass is 394 g/mol. The lowest BCUT2D eigenvalue weighted by Gasteiger charge is -2.05. The van der Waals surface area contributed by atoms with Crippen LogP contribution in [0.5, 0.6) is 5.75 Å². The number of carbonyl (C=O) groups is 2. The number of amides is 1. The molecular weight excluding hydrogens is 376 g/mol. The van der Waals surface area contributed by atoms with Crippen molar-refractivity contribution in [2.45, 2.75) is 6.61 Å². The topological polar surface area (TPSA) is 77.5 Å². The van der Waals surface area contributed by atoms with Gasteiger partial charge in [0.25, 0.3) is 0 Å². The van der Waals surface area contributed by atoms with Gasteiger partial charge in [0.15, 0.2) is 0 Å². The van der Waals surface area contributed by atoms with E-state index in [-0.39, 0.29) is 5.91 Å². The Hall–Kier alpha value is -3.45. The maximum atomic E-state index is 12.1. The average Bonchev–Trinajstić information content (AvgIpc) is 3.19. The van der Waals surface area contributed by atoms with E-state index in [0.29, 0.717) is 22.9 Å². The molecule has 0 atom stereocenters. The molecule has 0 radical (unpaired) electrons. The van der Waals surface area contributed by atoms with Crippen LogP contribution < -0.4 is 10.1 Å². The van der Waals surface area contributed by atoms with E-state index < -0.39 is 5.97 Å². The minimum atomic E-state index is -0.484. The van der Waals surface area contributed by atoms with Crippen LogP contribution in [-0.2, 0) is 16.1 Å². The molecule has 1 aromatic carbocycles. The predicted octanol–water partition coefficient (Wildman–Crippen LogP) is 4.16. The normalized spacial score (nSPS) is 10.6. The molecule has 0 saturated carbocycles. The molecule has 0 aliphatic heterocycles. The molecule has 2 aromatic heterocycles. The van der Waals surface area contributed by atoms with Crippen molar-refractivity contribution in [3.8, 4) is 5.75 Å². The van der Waals surface area contributed by atoms with Gasteiger partial charge in [0.1, 0.15) is 17.4 Å². The van der Waals surface area contributed by atoms with Gasteiger partial charge in [0.05, 0.1) is 18.4 Å². The Balaban J connectivity index is 1.55. The zero-order valence-electron chi connectivity index (χ0n) is 15.1. The molecule has 0 fully saturated rings. The minimum absolute atomic E-state index is 0.330. The summed E-state index contributed by atoms with van der Waals surface area (Å²) < 4.78 is 10.4. The Morgan fingerprint density at radius 1 is 1.14 bits per heavy atom. The average molecular weight is 394 g/mol. The van der Waals surface area contributed by atoms with Crippen LogP contribution >= 0.6 is 11.3 Å². The van der Waals surface area contributed by atoms with Crippen LogP contribution in [-0.4, -0.2) is 24.0 Å². The van der Waals surface area contributed by atoms with Crippen molar-refractivity contribution >= 4 is 34.3 Å². The molecule has 6 nitrogen and oxygen atoms in total. The molecule has 0 saturated heterocycles. The highest BCUT2D eigenvalue weighted by molar-refractivity contribution is 7.14. The van der Waals surface area contributed by atoms with Gasteiger partial charge in [-0.05, 0) is 47.4 Å². The van der Waals surface area contributed by atoms with Gasteiger partial charge in [-0.25, -0.2) is 4.79 Å². The third-order valence-electron chi connectivity index (χ3n) is 3.73. The second kappa shape index (κ2) is 9.48. The Bertz CT molecular complexity index is 966. The summed E-state index contributed by atoms with van der Waals surface area (Å²) >= 11 is 1.26. The summed E-state index contributed by atoms with van der Waals surface area (Å²) in [4.78, 5) is 27.9. The summed E-state index contributed by atoms with van der Waals surface area (Å²) in [5.74, 6) is -0.0986. The molecule has 1 N–H and O–H groups in total. The SMILES string of the molecule is COC(=O)c1ccsc1NC(=O)/C=C/c1ccc(OCc2ccccn2)cc1. The Labute approximate surface area is 166 Å². The van der Waals surface area contributed by atoms with E-state index in [1.54, 1.807) is 23.7 Å². The van der Waals surface area contributed by atoms with Gasteiger partial charge < -0.3 is 14.8 Å². The first-order valence-corrected chi connectivity index (χ1v) is 9.31. The maximum absolute atomic E-state index is 12.1. The fourth-order valence-corrected chi connectivity index (χ4v) is 3.10. The first-order chi connectivity index (χ1) is 13.7. The largest absolute Gasteiger partial charge is 0.487 e. The molecular formula is C21H18N2O4S. The van der Waals surface area contributed by atoms with E-state index in [9.17, 15) is 9.59 Å².